The van der Waals surface area contributed by atoms with Crippen LogP contribution in [0.2, 0.25) is 0 Å². The van der Waals surface area contributed by atoms with E-state index in [4.69, 9.17) is 10.8 Å². The molecule has 5 nitrogen and oxygen atoms in total. The van der Waals surface area contributed by atoms with Gasteiger partial charge in [0.05, 0.1) is 0 Å². The number of carbonyl (C=O) groups is 1. The molecule has 1 atom stereocenters. The van der Waals surface area contributed by atoms with E-state index in [1.807, 2.05) is 0 Å². The Hall–Kier alpha value is -1.14. The van der Waals surface area contributed by atoms with E-state index in [0.29, 0.717) is 5.56 Å². The summed E-state index contributed by atoms with van der Waals surface area (Å²) < 4.78 is 2.52. The Bertz CT molecular complexity index is 368. The fourth-order valence-corrected chi connectivity index (χ4v) is 1.62. The molecule has 0 fully saturated rings. The van der Waals surface area contributed by atoms with Crippen LogP contribution in [-0.4, -0.2) is 21.5 Å². The van der Waals surface area contributed by atoms with E-state index in [9.17, 15) is 9.59 Å². The van der Waals surface area contributed by atoms with E-state index in [1.165, 1.54) is 11.5 Å². The maximum atomic E-state index is 11.1. The summed E-state index contributed by atoms with van der Waals surface area (Å²) in [7, 11) is 0. The standard InChI is InChI=1S/C7H10N2O3S/c1-3-4(6(10)9-13-3)2-5(8)7(11)12/h5H,2,8H2,1H3,(H,9,10)(H,11,12). The summed E-state index contributed by atoms with van der Waals surface area (Å²) in [5, 5.41) is 8.53. The van der Waals surface area contributed by atoms with E-state index in [0.717, 1.165) is 4.88 Å². The number of aromatic amines is 1. The predicted octanol–water partition coefficient (Wildman–Crippen LogP) is -0.301. The van der Waals surface area contributed by atoms with Crippen LogP contribution in [0.1, 0.15) is 10.4 Å². The highest BCUT2D eigenvalue weighted by Gasteiger charge is 2.16. The molecule has 0 spiro atoms. The first-order valence-corrected chi connectivity index (χ1v) is 4.49. The number of H-pyrrole nitrogens is 1. The van der Waals surface area contributed by atoms with E-state index in [-0.39, 0.29) is 12.0 Å². The molecule has 0 amide bonds. The van der Waals surface area contributed by atoms with Gasteiger partial charge < -0.3 is 10.8 Å². The van der Waals surface area contributed by atoms with Crippen molar-refractivity contribution in [3.63, 3.8) is 0 Å². The molecule has 1 rings (SSSR count). The lowest BCUT2D eigenvalue weighted by Crippen LogP contribution is -2.33. The van der Waals surface area contributed by atoms with Crippen LogP contribution in [0.5, 0.6) is 0 Å². The lowest BCUT2D eigenvalue weighted by atomic mass is 10.1. The summed E-state index contributed by atoms with van der Waals surface area (Å²) in [5.74, 6) is -1.09. The minimum absolute atomic E-state index is 0.0833. The van der Waals surface area contributed by atoms with Gasteiger partial charge in [0.15, 0.2) is 0 Å². The molecule has 1 aromatic heterocycles. The van der Waals surface area contributed by atoms with Crippen molar-refractivity contribution < 1.29 is 9.90 Å². The van der Waals surface area contributed by atoms with Crippen molar-refractivity contribution in [3.8, 4) is 0 Å². The van der Waals surface area contributed by atoms with Gasteiger partial charge in [-0.05, 0) is 6.92 Å². The summed E-state index contributed by atoms with van der Waals surface area (Å²) >= 11 is 1.20. The second-order valence-electron chi connectivity index (χ2n) is 2.72. The molecule has 1 unspecified atom stereocenters. The van der Waals surface area contributed by atoms with Crippen molar-refractivity contribution in [1.29, 1.82) is 0 Å². The maximum Gasteiger partial charge on any atom is 0.320 e. The van der Waals surface area contributed by atoms with Crippen LogP contribution in [-0.2, 0) is 11.2 Å². The Labute approximate surface area is 78.3 Å². The number of nitrogens with two attached hydrogens (primary N) is 1. The molecule has 72 valence electrons. The predicted molar refractivity (Wildman–Crippen MR) is 49.0 cm³/mol. The Morgan fingerprint density at radius 3 is 2.77 bits per heavy atom. The molecule has 13 heavy (non-hydrogen) atoms. The van der Waals surface area contributed by atoms with E-state index in [1.54, 1.807) is 6.92 Å². The fourth-order valence-electron chi connectivity index (χ4n) is 0.950. The van der Waals surface area contributed by atoms with Crippen molar-refractivity contribution >= 4 is 17.5 Å². The molecule has 6 heteroatoms. The number of hydrogen-bond donors (Lipinski definition) is 3. The highest BCUT2D eigenvalue weighted by molar-refractivity contribution is 7.05. The zero-order chi connectivity index (χ0) is 10.0. The van der Waals surface area contributed by atoms with Crippen LogP contribution in [0.25, 0.3) is 0 Å². The third-order valence-corrected chi connectivity index (χ3v) is 2.58. The van der Waals surface area contributed by atoms with Gasteiger partial charge in [-0.3, -0.25) is 14.0 Å². The molecule has 1 heterocycles. The maximum absolute atomic E-state index is 11.1. The summed E-state index contributed by atoms with van der Waals surface area (Å²) in [6, 6.07) is -1.01. The molecule has 0 radical (unpaired) electrons. The largest absolute Gasteiger partial charge is 0.480 e. The molecule has 0 aliphatic heterocycles. The Balaban J connectivity index is 2.85. The van der Waals surface area contributed by atoms with Gasteiger partial charge in [-0.2, -0.15) is 0 Å². The van der Waals surface area contributed by atoms with E-state index >= 15 is 0 Å². The van der Waals surface area contributed by atoms with Crippen molar-refractivity contribution in [2.75, 3.05) is 0 Å². The molecule has 0 saturated heterocycles. The minimum Gasteiger partial charge on any atom is -0.480 e. The first kappa shape index (κ1) is 9.94. The molecular weight excluding hydrogens is 192 g/mol. The number of nitrogens with one attached hydrogen (secondary N) is 1. The highest BCUT2D eigenvalue weighted by Crippen LogP contribution is 2.08. The normalized spacial score (nSPS) is 12.8. The second-order valence-corrected chi connectivity index (χ2v) is 3.74. The zero-order valence-corrected chi connectivity index (χ0v) is 7.85. The zero-order valence-electron chi connectivity index (χ0n) is 7.03. The number of rotatable bonds is 3. The second kappa shape index (κ2) is 3.71. The van der Waals surface area contributed by atoms with E-state index < -0.39 is 12.0 Å². The van der Waals surface area contributed by atoms with E-state index in [2.05, 4.69) is 4.37 Å². The van der Waals surface area contributed by atoms with Gasteiger partial charge in [0, 0.05) is 16.9 Å². The Morgan fingerprint density at radius 1 is 1.77 bits per heavy atom. The van der Waals surface area contributed by atoms with Crippen LogP contribution >= 0.6 is 11.5 Å². The molecule has 0 bridgehead atoms. The van der Waals surface area contributed by atoms with Crippen molar-refractivity contribution in [2.24, 2.45) is 5.73 Å². The van der Waals surface area contributed by atoms with Gasteiger partial charge in [-0.15, -0.1) is 0 Å². The number of carboxylic acid groups (broad SMARTS) is 1. The van der Waals surface area contributed by atoms with Crippen LogP contribution in [0.3, 0.4) is 0 Å². The molecular formula is C7H10N2O3S. The first-order chi connectivity index (χ1) is 6.02. The fraction of sp³-hybridized carbons (Fsp3) is 0.429. The third-order valence-electron chi connectivity index (χ3n) is 1.74. The van der Waals surface area contributed by atoms with Gasteiger partial charge in [0.25, 0.3) is 5.56 Å². The van der Waals surface area contributed by atoms with Crippen LogP contribution in [0.4, 0.5) is 0 Å². The highest BCUT2D eigenvalue weighted by atomic mass is 32.1. The molecule has 0 saturated carbocycles. The first-order valence-electron chi connectivity index (χ1n) is 3.67. The van der Waals surface area contributed by atoms with Gasteiger partial charge in [-0.25, -0.2) is 0 Å². The molecule has 0 aromatic carbocycles. The summed E-state index contributed by atoms with van der Waals surface area (Å²) in [4.78, 5) is 22.3. The average molecular weight is 202 g/mol. The van der Waals surface area contributed by atoms with Crippen LogP contribution in [0.15, 0.2) is 4.79 Å². The lowest BCUT2D eigenvalue weighted by Gasteiger charge is -2.03. The lowest BCUT2D eigenvalue weighted by molar-refractivity contribution is -0.138. The average Bonchev–Trinajstić information content (AvgIpc) is 2.35. The van der Waals surface area contributed by atoms with Gasteiger partial charge in [0.1, 0.15) is 6.04 Å². The van der Waals surface area contributed by atoms with Crippen LogP contribution in [0, 0.1) is 6.92 Å². The third kappa shape index (κ3) is 2.16. The van der Waals surface area contributed by atoms with Gasteiger partial charge in [0.2, 0.25) is 0 Å². The van der Waals surface area contributed by atoms with Crippen molar-refractivity contribution in [3.05, 3.63) is 20.8 Å². The molecule has 0 aliphatic carbocycles. The monoisotopic (exact) mass is 202 g/mol. The van der Waals surface area contributed by atoms with Crippen molar-refractivity contribution in [1.82, 2.24) is 4.37 Å². The van der Waals surface area contributed by atoms with Gasteiger partial charge >= 0.3 is 5.97 Å². The number of hydrogen-bond acceptors (Lipinski definition) is 4. The Kier molecular flexibility index (Phi) is 2.84. The quantitative estimate of drug-likeness (QED) is 0.627. The number of carboxylic acids is 1. The van der Waals surface area contributed by atoms with Gasteiger partial charge in [-0.1, -0.05) is 11.5 Å². The number of aromatic nitrogens is 1. The van der Waals surface area contributed by atoms with Crippen LogP contribution < -0.4 is 11.3 Å². The molecule has 4 N–H and O–H groups in total. The smallest absolute Gasteiger partial charge is 0.320 e. The van der Waals surface area contributed by atoms with Crippen molar-refractivity contribution in [2.45, 2.75) is 19.4 Å². The SMILES string of the molecule is Cc1s[nH]c(=O)c1CC(N)C(=O)O. The minimum atomic E-state index is -1.09. The summed E-state index contributed by atoms with van der Waals surface area (Å²) in [5.41, 5.74) is 5.53. The summed E-state index contributed by atoms with van der Waals surface area (Å²) in [6.45, 7) is 1.76. The Morgan fingerprint density at radius 2 is 2.38 bits per heavy atom. The number of aliphatic carboxylic acids is 1. The molecule has 0 aliphatic rings. The molecule has 1 aromatic rings. The number of aryl methyl sites for hydroxylation is 1. The topological polar surface area (TPSA) is 96.2 Å². The summed E-state index contributed by atoms with van der Waals surface area (Å²) in [6.07, 6.45) is 0.0833.